The quantitative estimate of drug-likeness (QED) is 0.275. The molecule has 37 heavy (non-hydrogen) atoms. The van der Waals surface area contributed by atoms with Crippen LogP contribution in [0, 0.1) is 19.3 Å². The molecular weight excluding hydrogens is 468 g/mol. The number of hydrogen-bond acceptors (Lipinski definition) is 5. The van der Waals surface area contributed by atoms with Gasteiger partial charge in [-0.15, -0.1) is 0 Å². The third-order valence-corrected chi connectivity index (χ3v) is 6.83. The highest BCUT2D eigenvalue weighted by Crippen LogP contribution is 2.33. The fourth-order valence-corrected chi connectivity index (χ4v) is 4.58. The van der Waals surface area contributed by atoms with Gasteiger partial charge in [0.1, 0.15) is 17.2 Å². The monoisotopic (exact) mass is 512 g/mol. The van der Waals surface area contributed by atoms with Gasteiger partial charge in [-0.3, -0.25) is 15.0 Å². The molecule has 0 bridgehead atoms. The normalized spacial score (nSPS) is 12.0. The van der Waals surface area contributed by atoms with Crippen molar-refractivity contribution in [2.24, 2.45) is 5.41 Å². The molecule has 0 aromatic heterocycles. The van der Waals surface area contributed by atoms with Crippen LogP contribution in [0.3, 0.4) is 0 Å². The van der Waals surface area contributed by atoms with Gasteiger partial charge in [-0.25, -0.2) is 5.01 Å². The second-order valence-corrected chi connectivity index (χ2v) is 10.5. The van der Waals surface area contributed by atoms with Crippen LogP contribution in [0.4, 0.5) is 0 Å². The first-order chi connectivity index (χ1) is 17.5. The van der Waals surface area contributed by atoms with E-state index in [4.69, 9.17) is 14.2 Å². The topological polar surface area (TPSA) is 77.1 Å². The predicted molar refractivity (Wildman–Crippen MR) is 148 cm³/mol. The zero-order chi connectivity index (χ0) is 27.8. The van der Waals surface area contributed by atoms with Crippen LogP contribution in [0.15, 0.2) is 30.3 Å². The Balaban J connectivity index is 2.57. The Kier molecular flexibility index (Phi) is 10.8. The molecule has 7 heteroatoms. The number of carbonyl (C=O) groups excluding carboxylic acids is 2. The Morgan fingerprint density at radius 1 is 0.892 bits per heavy atom. The van der Waals surface area contributed by atoms with Crippen molar-refractivity contribution in [3.8, 4) is 17.2 Å². The Bertz CT molecular complexity index is 1050. The van der Waals surface area contributed by atoms with Crippen molar-refractivity contribution in [2.75, 3.05) is 21.3 Å². The third-order valence-electron chi connectivity index (χ3n) is 6.83. The highest BCUT2D eigenvalue weighted by Gasteiger charge is 2.36. The molecule has 2 aromatic rings. The van der Waals surface area contributed by atoms with E-state index in [0.29, 0.717) is 33.9 Å². The van der Waals surface area contributed by atoms with E-state index in [1.54, 1.807) is 45.6 Å². The van der Waals surface area contributed by atoms with E-state index in [0.717, 1.165) is 37.7 Å². The maximum Gasteiger partial charge on any atom is 0.272 e. The lowest BCUT2D eigenvalue weighted by Crippen LogP contribution is -2.56. The van der Waals surface area contributed by atoms with Crippen LogP contribution >= 0.6 is 0 Å². The lowest BCUT2D eigenvalue weighted by molar-refractivity contribution is 0.0265. The maximum absolute atomic E-state index is 14.1. The summed E-state index contributed by atoms with van der Waals surface area (Å²) in [5.41, 5.74) is 5.02. The van der Waals surface area contributed by atoms with Gasteiger partial charge >= 0.3 is 0 Å². The number of nitrogens with one attached hydrogen (secondary N) is 1. The molecule has 0 fully saturated rings. The molecule has 0 aliphatic heterocycles. The van der Waals surface area contributed by atoms with Gasteiger partial charge in [0.2, 0.25) is 0 Å². The van der Waals surface area contributed by atoms with Crippen molar-refractivity contribution in [2.45, 2.75) is 79.7 Å². The van der Waals surface area contributed by atoms with Gasteiger partial charge in [0.25, 0.3) is 11.8 Å². The Morgan fingerprint density at radius 2 is 1.49 bits per heavy atom. The lowest BCUT2D eigenvalue weighted by atomic mass is 9.82. The van der Waals surface area contributed by atoms with Crippen LogP contribution in [-0.2, 0) is 0 Å². The zero-order valence-electron chi connectivity index (χ0n) is 24.0. The molecule has 204 valence electrons. The van der Waals surface area contributed by atoms with Crippen molar-refractivity contribution in [1.82, 2.24) is 10.4 Å². The largest absolute Gasteiger partial charge is 0.496 e. The van der Waals surface area contributed by atoms with Crippen LogP contribution in [0.1, 0.15) is 91.6 Å². The number of carbonyl (C=O) groups is 2. The van der Waals surface area contributed by atoms with Crippen LogP contribution in [0.5, 0.6) is 17.2 Å². The molecule has 0 saturated carbocycles. The second-order valence-electron chi connectivity index (χ2n) is 10.5. The zero-order valence-corrected chi connectivity index (χ0v) is 24.0. The first-order valence-corrected chi connectivity index (χ1v) is 13.0. The average Bonchev–Trinajstić information content (AvgIpc) is 2.86. The molecule has 1 atom stereocenters. The molecule has 0 saturated heterocycles. The number of nitrogens with zero attached hydrogens (tertiary/aromatic N) is 1. The summed E-state index contributed by atoms with van der Waals surface area (Å²) in [5, 5.41) is 1.51. The second kappa shape index (κ2) is 13.4. The van der Waals surface area contributed by atoms with Gasteiger partial charge in [0.05, 0.1) is 27.4 Å². The van der Waals surface area contributed by atoms with E-state index < -0.39 is 0 Å². The number of hydrogen-bond donors (Lipinski definition) is 1. The predicted octanol–water partition coefficient (Wildman–Crippen LogP) is 6.50. The number of amides is 2. The molecule has 1 unspecified atom stereocenters. The molecule has 0 aliphatic rings. The van der Waals surface area contributed by atoms with Crippen molar-refractivity contribution < 1.29 is 23.8 Å². The van der Waals surface area contributed by atoms with Gasteiger partial charge < -0.3 is 14.2 Å². The molecule has 0 spiro atoms. The fraction of sp³-hybridized carbons (Fsp3) is 0.533. The number of unbranched alkanes of at least 4 members (excludes halogenated alkanes) is 3. The van der Waals surface area contributed by atoms with Crippen LogP contribution < -0.4 is 19.6 Å². The Morgan fingerprint density at radius 3 is 2.00 bits per heavy atom. The van der Waals surface area contributed by atoms with E-state index in [1.807, 2.05) is 19.9 Å². The number of ether oxygens (including phenoxy) is 3. The molecule has 2 aromatic carbocycles. The molecule has 0 radical (unpaired) electrons. The summed E-state index contributed by atoms with van der Waals surface area (Å²) in [6, 6.07) is 8.48. The van der Waals surface area contributed by atoms with Gasteiger partial charge in [0.15, 0.2) is 0 Å². The molecule has 1 N–H and O–H groups in total. The first-order valence-electron chi connectivity index (χ1n) is 13.0. The van der Waals surface area contributed by atoms with E-state index in [-0.39, 0.29) is 23.3 Å². The summed E-state index contributed by atoms with van der Waals surface area (Å²) < 4.78 is 16.4. The number of benzene rings is 2. The fourth-order valence-electron chi connectivity index (χ4n) is 4.58. The third kappa shape index (κ3) is 7.40. The van der Waals surface area contributed by atoms with Crippen molar-refractivity contribution >= 4 is 11.8 Å². The van der Waals surface area contributed by atoms with Gasteiger partial charge in [0, 0.05) is 22.3 Å². The minimum Gasteiger partial charge on any atom is -0.496 e. The molecule has 2 amide bonds. The minimum atomic E-state index is -0.362. The smallest absolute Gasteiger partial charge is 0.272 e. The number of rotatable bonds is 11. The van der Waals surface area contributed by atoms with Gasteiger partial charge in [-0.05, 0) is 49.9 Å². The van der Waals surface area contributed by atoms with E-state index in [9.17, 15) is 9.59 Å². The summed E-state index contributed by atoms with van der Waals surface area (Å²) >= 11 is 0. The standard InChI is InChI=1S/C30H44N2O5/c1-10-11-12-13-17-27(30(4,5)6)32(31-28(33)23-15-14-16-24(35-7)20(23)2)29(34)22-18-25(36-8)21(3)26(19-22)37-9/h14-16,18-19,27H,10-13,17H2,1-9H3,(H,31,33). The minimum absolute atomic E-state index is 0.245. The molecule has 7 nitrogen and oxygen atoms in total. The van der Waals surface area contributed by atoms with E-state index in [1.165, 1.54) is 5.01 Å². The van der Waals surface area contributed by atoms with Crippen molar-refractivity contribution in [1.29, 1.82) is 0 Å². The van der Waals surface area contributed by atoms with Crippen molar-refractivity contribution in [3.05, 3.63) is 52.6 Å². The molecule has 0 heterocycles. The van der Waals surface area contributed by atoms with Crippen LogP contribution in [-0.4, -0.2) is 44.2 Å². The SMILES string of the molecule is CCCCCCC(N(NC(=O)c1cccc(OC)c1C)C(=O)c1cc(OC)c(C)c(OC)c1)C(C)(C)C. The Hall–Kier alpha value is -3.22. The van der Waals surface area contributed by atoms with Crippen molar-refractivity contribution in [3.63, 3.8) is 0 Å². The van der Waals surface area contributed by atoms with Gasteiger partial charge in [-0.2, -0.15) is 0 Å². The summed E-state index contributed by atoms with van der Waals surface area (Å²) in [6.45, 7) is 12.2. The van der Waals surface area contributed by atoms with Gasteiger partial charge in [-0.1, -0.05) is 59.4 Å². The van der Waals surface area contributed by atoms with Crippen LogP contribution in [0.2, 0.25) is 0 Å². The summed E-state index contributed by atoms with van der Waals surface area (Å²) in [7, 11) is 4.70. The average molecular weight is 513 g/mol. The number of hydrazine groups is 1. The van der Waals surface area contributed by atoms with E-state index >= 15 is 0 Å². The number of methoxy groups -OCH3 is 3. The first kappa shape index (κ1) is 30.0. The van der Waals surface area contributed by atoms with E-state index in [2.05, 4.69) is 33.1 Å². The summed E-state index contributed by atoms with van der Waals surface area (Å²) in [4.78, 5) is 27.7. The molecule has 2 rings (SSSR count). The summed E-state index contributed by atoms with van der Waals surface area (Å²) in [5.74, 6) is 1.03. The Labute approximate surface area is 222 Å². The summed E-state index contributed by atoms with van der Waals surface area (Å²) in [6.07, 6.45) is 5.03. The lowest BCUT2D eigenvalue weighted by Gasteiger charge is -2.40. The molecule has 0 aliphatic carbocycles. The molecular formula is C30H44N2O5. The van der Waals surface area contributed by atoms with Crippen LogP contribution in [0.25, 0.3) is 0 Å². The maximum atomic E-state index is 14.1. The highest BCUT2D eigenvalue weighted by atomic mass is 16.5. The highest BCUT2D eigenvalue weighted by molar-refractivity contribution is 6.00.